The predicted molar refractivity (Wildman–Crippen MR) is 156 cm³/mol. The fourth-order valence-corrected chi connectivity index (χ4v) is 5.76. The molecule has 0 heterocycles. The molecule has 0 saturated carbocycles. The summed E-state index contributed by atoms with van der Waals surface area (Å²) in [6, 6.07) is 22.3. The Balaban J connectivity index is 2.03. The highest BCUT2D eigenvalue weighted by atomic mass is 32.2. The van der Waals surface area contributed by atoms with Gasteiger partial charge in [-0.1, -0.05) is 80.9 Å². The van der Waals surface area contributed by atoms with Crippen molar-refractivity contribution in [1.29, 1.82) is 0 Å². The average Bonchev–Trinajstić information content (AvgIpc) is 2.96. The van der Waals surface area contributed by atoms with Crippen LogP contribution in [0.1, 0.15) is 50.3 Å². The maximum absolute atomic E-state index is 14.0. The molecule has 3 rings (SSSR count). The van der Waals surface area contributed by atoms with Gasteiger partial charge in [0, 0.05) is 13.1 Å². The summed E-state index contributed by atoms with van der Waals surface area (Å²) in [5.74, 6) is -0.697. The van der Waals surface area contributed by atoms with Crippen molar-refractivity contribution in [1.82, 2.24) is 10.2 Å². The SMILES string of the molecule is CCCNC(=O)C(CC)N(Cc1ccc(C)cc1)C(=O)CN(c1ccc(CC)cc1)S(=O)(=O)c1ccccc1. The number of nitrogens with one attached hydrogen (secondary N) is 1. The molecule has 0 radical (unpaired) electrons. The number of anilines is 1. The molecule has 39 heavy (non-hydrogen) atoms. The van der Waals surface area contributed by atoms with E-state index in [0.717, 1.165) is 33.8 Å². The second kappa shape index (κ2) is 13.9. The standard InChI is InChI=1S/C31H39N3O4S/c1-5-21-32-31(36)29(7-3)33(22-26-15-13-24(4)14-16-26)30(35)23-34(27-19-17-25(6-2)18-20-27)39(37,38)28-11-9-8-10-12-28/h8-20,29H,5-7,21-23H2,1-4H3,(H,32,36). The third-order valence-corrected chi connectivity index (χ3v) is 8.44. The van der Waals surface area contributed by atoms with Crippen molar-refractivity contribution in [3.63, 3.8) is 0 Å². The molecule has 8 heteroatoms. The minimum atomic E-state index is -4.06. The third-order valence-electron chi connectivity index (χ3n) is 6.65. The molecule has 0 spiro atoms. The molecule has 208 valence electrons. The van der Waals surface area contributed by atoms with E-state index in [9.17, 15) is 18.0 Å². The molecule has 0 bridgehead atoms. The quantitative estimate of drug-likeness (QED) is 0.322. The molecule has 2 amide bonds. The number of carbonyl (C=O) groups excluding carboxylic acids is 2. The number of benzene rings is 3. The lowest BCUT2D eigenvalue weighted by atomic mass is 10.1. The Labute approximate surface area is 232 Å². The Hall–Kier alpha value is -3.65. The lowest BCUT2D eigenvalue weighted by Crippen LogP contribution is -2.52. The lowest BCUT2D eigenvalue weighted by molar-refractivity contribution is -0.140. The van der Waals surface area contributed by atoms with E-state index in [-0.39, 0.29) is 17.3 Å². The number of hydrogen-bond acceptors (Lipinski definition) is 4. The molecule has 0 aliphatic rings. The molecule has 0 aliphatic carbocycles. The number of carbonyl (C=O) groups is 2. The van der Waals surface area contributed by atoms with Crippen LogP contribution >= 0.6 is 0 Å². The summed E-state index contributed by atoms with van der Waals surface area (Å²) in [6.45, 7) is 8.07. The van der Waals surface area contributed by atoms with Crippen molar-refractivity contribution >= 4 is 27.5 Å². The van der Waals surface area contributed by atoms with Gasteiger partial charge in [-0.3, -0.25) is 13.9 Å². The van der Waals surface area contributed by atoms with Crippen molar-refractivity contribution in [2.24, 2.45) is 0 Å². The van der Waals surface area contributed by atoms with Gasteiger partial charge in [0.2, 0.25) is 11.8 Å². The van der Waals surface area contributed by atoms with Crippen molar-refractivity contribution in [2.45, 2.75) is 64.4 Å². The second-order valence-electron chi connectivity index (χ2n) is 9.57. The number of nitrogens with zero attached hydrogens (tertiary/aromatic N) is 2. The van der Waals surface area contributed by atoms with Gasteiger partial charge in [-0.2, -0.15) is 0 Å². The van der Waals surface area contributed by atoms with Crippen LogP contribution < -0.4 is 9.62 Å². The van der Waals surface area contributed by atoms with Crippen LogP contribution in [0.3, 0.4) is 0 Å². The molecule has 7 nitrogen and oxygen atoms in total. The molecule has 0 aromatic heterocycles. The predicted octanol–water partition coefficient (Wildman–Crippen LogP) is 5.09. The van der Waals surface area contributed by atoms with Gasteiger partial charge in [0.05, 0.1) is 10.6 Å². The van der Waals surface area contributed by atoms with Crippen molar-refractivity contribution in [3.05, 3.63) is 95.6 Å². The summed E-state index contributed by atoms with van der Waals surface area (Å²) < 4.78 is 28.8. The molecule has 1 N–H and O–H groups in total. The van der Waals surface area contributed by atoms with E-state index in [1.165, 1.54) is 17.0 Å². The first kappa shape index (κ1) is 29.9. The van der Waals surface area contributed by atoms with Gasteiger partial charge in [0.25, 0.3) is 10.0 Å². The van der Waals surface area contributed by atoms with Crippen LogP contribution in [0.4, 0.5) is 5.69 Å². The van der Waals surface area contributed by atoms with Gasteiger partial charge in [-0.25, -0.2) is 8.42 Å². The van der Waals surface area contributed by atoms with E-state index in [4.69, 9.17) is 0 Å². The average molecular weight is 550 g/mol. The van der Waals surface area contributed by atoms with Crippen LogP contribution in [0.5, 0.6) is 0 Å². The Morgan fingerprint density at radius 1 is 0.846 bits per heavy atom. The zero-order valence-electron chi connectivity index (χ0n) is 23.3. The van der Waals surface area contributed by atoms with E-state index in [1.807, 2.05) is 64.1 Å². The van der Waals surface area contributed by atoms with Crippen molar-refractivity contribution < 1.29 is 18.0 Å². The number of aryl methyl sites for hydroxylation is 2. The first-order chi connectivity index (χ1) is 18.7. The Morgan fingerprint density at radius 2 is 1.46 bits per heavy atom. The highest BCUT2D eigenvalue weighted by molar-refractivity contribution is 7.92. The van der Waals surface area contributed by atoms with E-state index in [1.54, 1.807) is 30.3 Å². The molecular formula is C31H39N3O4S. The fourth-order valence-electron chi connectivity index (χ4n) is 4.32. The molecule has 3 aromatic carbocycles. The van der Waals surface area contributed by atoms with E-state index in [0.29, 0.717) is 18.7 Å². The normalized spacial score (nSPS) is 12.0. The smallest absolute Gasteiger partial charge is 0.264 e. The number of amides is 2. The topological polar surface area (TPSA) is 86.8 Å². The molecule has 0 aliphatic heterocycles. The van der Waals surface area contributed by atoms with E-state index in [2.05, 4.69) is 5.32 Å². The van der Waals surface area contributed by atoms with E-state index >= 15 is 0 Å². The molecule has 0 fully saturated rings. The summed E-state index contributed by atoms with van der Waals surface area (Å²) in [6.07, 6.45) is 1.97. The molecule has 1 atom stereocenters. The lowest BCUT2D eigenvalue weighted by Gasteiger charge is -2.33. The monoisotopic (exact) mass is 549 g/mol. The minimum Gasteiger partial charge on any atom is -0.354 e. The Kier molecular flexibility index (Phi) is 10.7. The van der Waals surface area contributed by atoms with Gasteiger partial charge < -0.3 is 10.2 Å². The Bertz CT molecular complexity index is 1320. The second-order valence-corrected chi connectivity index (χ2v) is 11.4. The molecule has 3 aromatic rings. The minimum absolute atomic E-state index is 0.0928. The Morgan fingerprint density at radius 3 is 2.03 bits per heavy atom. The first-order valence-electron chi connectivity index (χ1n) is 13.5. The number of rotatable bonds is 13. The largest absolute Gasteiger partial charge is 0.354 e. The molecular weight excluding hydrogens is 510 g/mol. The van der Waals surface area contributed by atoms with E-state index < -0.39 is 28.5 Å². The first-order valence-corrected chi connectivity index (χ1v) is 14.9. The van der Waals surface area contributed by atoms with Crippen LogP contribution in [-0.2, 0) is 32.6 Å². The zero-order chi connectivity index (χ0) is 28.4. The van der Waals surface area contributed by atoms with Crippen LogP contribution in [0.2, 0.25) is 0 Å². The van der Waals surface area contributed by atoms with Crippen LogP contribution in [0, 0.1) is 6.92 Å². The van der Waals surface area contributed by atoms with Gasteiger partial charge >= 0.3 is 0 Å². The van der Waals surface area contributed by atoms with Crippen LogP contribution in [-0.4, -0.2) is 44.3 Å². The highest BCUT2D eigenvalue weighted by Crippen LogP contribution is 2.25. The van der Waals surface area contributed by atoms with Gasteiger partial charge in [-0.05, 0) is 61.6 Å². The van der Waals surface area contributed by atoms with Gasteiger partial charge in [0.15, 0.2) is 0 Å². The summed E-state index contributed by atoms with van der Waals surface area (Å²) in [7, 11) is -4.06. The summed E-state index contributed by atoms with van der Waals surface area (Å²) in [5.41, 5.74) is 3.39. The summed E-state index contributed by atoms with van der Waals surface area (Å²) >= 11 is 0. The third kappa shape index (κ3) is 7.69. The van der Waals surface area contributed by atoms with Gasteiger partial charge in [-0.15, -0.1) is 0 Å². The number of hydrogen-bond donors (Lipinski definition) is 1. The maximum Gasteiger partial charge on any atom is 0.264 e. The van der Waals surface area contributed by atoms with Crippen molar-refractivity contribution in [2.75, 3.05) is 17.4 Å². The zero-order valence-corrected chi connectivity index (χ0v) is 24.1. The summed E-state index contributed by atoms with van der Waals surface area (Å²) in [5, 5.41) is 2.90. The number of sulfonamides is 1. The fraction of sp³-hybridized carbons (Fsp3) is 0.355. The highest BCUT2D eigenvalue weighted by Gasteiger charge is 2.33. The van der Waals surface area contributed by atoms with Crippen LogP contribution in [0.25, 0.3) is 0 Å². The molecule has 0 saturated heterocycles. The van der Waals surface area contributed by atoms with Crippen molar-refractivity contribution in [3.8, 4) is 0 Å². The maximum atomic E-state index is 14.0. The summed E-state index contributed by atoms with van der Waals surface area (Å²) in [4.78, 5) is 28.7. The van der Waals surface area contributed by atoms with Crippen LogP contribution in [0.15, 0.2) is 83.8 Å². The molecule has 1 unspecified atom stereocenters. The van der Waals surface area contributed by atoms with Gasteiger partial charge in [0.1, 0.15) is 12.6 Å².